The van der Waals surface area contributed by atoms with Gasteiger partial charge >= 0.3 is 0 Å². The largest absolute Gasteiger partial charge is 0.496 e. The molecule has 1 heterocycles. The molecule has 3 rings (SSSR count). The summed E-state index contributed by atoms with van der Waals surface area (Å²) in [6.45, 7) is 3.72. The quantitative estimate of drug-likeness (QED) is 0.622. The van der Waals surface area contributed by atoms with Crippen LogP contribution in [0.1, 0.15) is 33.8 Å². The number of nitrogens with one attached hydrogen (secondary N) is 2. The lowest BCUT2D eigenvalue weighted by molar-refractivity contribution is -0.120. The summed E-state index contributed by atoms with van der Waals surface area (Å²) in [5.41, 5.74) is 1.96. The highest BCUT2D eigenvalue weighted by Crippen LogP contribution is 2.35. The van der Waals surface area contributed by atoms with Crippen molar-refractivity contribution in [3.63, 3.8) is 0 Å². The van der Waals surface area contributed by atoms with Gasteiger partial charge in [0.25, 0.3) is 5.91 Å². The van der Waals surface area contributed by atoms with Crippen molar-refractivity contribution in [3.8, 4) is 5.75 Å². The Morgan fingerprint density at radius 1 is 1.21 bits per heavy atom. The van der Waals surface area contributed by atoms with E-state index in [-0.39, 0.29) is 24.4 Å². The van der Waals surface area contributed by atoms with Crippen LogP contribution in [0.2, 0.25) is 5.02 Å². The molecule has 0 spiro atoms. The van der Waals surface area contributed by atoms with Crippen LogP contribution < -0.4 is 15.4 Å². The standard InChI is InChI=1S/C21H21ClN2O3S/c1-12-8-9-16(27-3)15(10-12)13(2)24-18(25)11-23-21(26)20-19(22)14-6-4-5-7-17(14)28-20/h4-10,13H,11H2,1-3H3,(H,23,26)(H,24,25). The van der Waals surface area contributed by atoms with E-state index in [0.717, 1.165) is 21.2 Å². The summed E-state index contributed by atoms with van der Waals surface area (Å²) < 4.78 is 6.30. The van der Waals surface area contributed by atoms with Gasteiger partial charge in [-0.15, -0.1) is 11.3 Å². The van der Waals surface area contributed by atoms with Crippen LogP contribution in [-0.4, -0.2) is 25.5 Å². The van der Waals surface area contributed by atoms with E-state index in [1.165, 1.54) is 11.3 Å². The number of thiophene rings is 1. The van der Waals surface area contributed by atoms with Crippen molar-refractivity contribution in [2.75, 3.05) is 13.7 Å². The number of methoxy groups -OCH3 is 1. The van der Waals surface area contributed by atoms with Crippen LogP contribution in [0.5, 0.6) is 5.75 Å². The topological polar surface area (TPSA) is 67.4 Å². The van der Waals surface area contributed by atoms with Gasteiger partial charge in [-0.25, -0.2) is 0 Å². The molecule has 1 atom stereocenters. The molecule has 146 valence electrons. The molecule has 2 aromatic carbocycles. The van der Waals surface area contributed by atoms with Gasteiger partial charge in [-0.05, 0) is 26.0 Å². The molecule has 1 aromatic heterocycles. The van der Waals surface area contributed by atoms with Gasteiger partial charge in [0, 0.05) is 15.6 Å². The first kappa shape index (κ1) is 20.2. The van der Waals surface area contributed by atoms with Crippen LogP contribution >= 0.6 is 22.9 Å². The molecule has 0 bridgehead atoms. The van der Waals surface area contributed by atoms with E-state index in [2.05, 4.69) is 10.6 Å². The van der Waals surface area contributed by atoms with Gasteiger partial charge in [0.15, 0.2) is 0 Å². The maximum absolute atomic E-state index is 12.5. The molecule has 2 N–H and O–H groups in total. The van der Waals surface area contributed by atoms with E-state index in [1.54, 1.807) is 7.11 Å². The van der Waals surface area contributed by atoms with Crippen molar-refractivity contribution in [2.24, 2.45) is 0 Å². The molecule has 2 amide bonds. The number of hydrogen-bond donors (Lipinski definition) is 2. The van der Waals surface area contributed by atoms with Crippen molar-refractivity contribution in [3.05, 3.63) is 63.5 Å². The number of benzene rings is 2. The maximum atomic E-state index is 12.5. The molecule has 7 heteroatoms. The number of carbonyl (C=O) groups is 2. The zero-order valence-corrected chi connectivity index (χ0v) is 17.4. The zero-order chi connectivity index (χ0) is 20.3. The zero-order valence-electron chi connectivity index (χ0n) is 15.8. The molecule has 0 saturated carbocycles. The summed E-state index contributed by atoms with van der Waals surface area (Å²) in [6.07, 6.45) is 0. The molecule has 0 radical (unpaired) electrons. The highest BCUT2D eigenvalue weighted by molar-refractivity contribution is 7.21. The first-order valence-corrected chi connectivity index (χ1v) is 9.99. The van der Waals surface area contributed by atoms with Crippen molar-refractivity contribution in [1.82, 2.24) is 10.6 Å². The highest BCUT2D eigenvalue weighted by atomic mass is 35.5. The number of amides is 2. The number of rotatable bonds is 6. The molecular formula is C21H21ClN2O3S. The predicted molar refractivity (Wildman–Crippen MR) is 113 cm³/mol. The van der Waals surface area contributed by atoms with Crippen molar-refractivity contribution in [2.45, 2.75) is 19.9 Å². The van der Waals surface area contributed by atoms with Crippen molar-refractivity contribution < 1.29 is 14.3 Å². The normalized spacial score (nSPS) is 11.9. The van der Waals surface area contributed by atoms with Crippen LogP contribution in [0.25, 0.3) is 10.1 Å². The molecule has 28 heavy (non-hydrogen) atoms. The molecular weight excluding hydrogens is 396 g/mol. The summed E-state index contributed by atoms with van der Waals surface area (Å²) >= 11 is 7.62. The first-order valence-electron chi connectivity index (χ1n) is 8.80. The van der Waals surface area contributed by atoms with Crippen LogP contribution in [0.3, 0.4) is 0 Å². The Hall–Kier alpha value is -2.57. The third-order valence-electron chi connectivity index (χ3n) is 4.38. The minimum atomic E-state index is -0.359. The fourth-order valence-corrected chi connectivity index (χ4v) is 4.40. The number of hydrogen-bond acceptors (Lipinski definition) is 4. The minimum Gasteiger partial charge on any atom is -0.496 e. The van der Waals surface area contributed by atoms with Crippen molar-refractivity contribution >= 4 is 44.8 Å². The SMILES string of the molecule is COc1ccc(C)cc1C(C)NC(=O)CNC(=O)c1sc2ccccc2c1Cl. The second kappa shape index (κ2) is 8.63. The van der Waals surface area contributed by atoms with Gasteiger partial charge in [0.05, 0.1) is 24.7 Å². The molecule has 0 aliphatic rings. The molecule has 5 nitrogen and oxygen atoms in total. The summed E-state index contributed by atoms with van der Waals surface area (Å²) in [5, 5.41) is 6.77. The summed E-state index contributed by atoms with van der Waals surface area (Å²) in [4.78, 5) is 25.2. The average molecular weight is 417 g/mol. The summed E-state index contributed by atoms with van der Waals surface area (Å²) in [5.74, 6) is 0.0586. The van der Waals surface area contributed by atoms with E-state index in [4.69, 9.17) is 16.3 Å². The smallest absolute Gasteiger partial charge is 0.263 e. The summed E-state index contributed by atoms with van der Waals surface area (Å²) in [6, 6.07) is 13.1. The molecule has 1 unspecified atom stereocenters. The van der Waals surface area contributed by atoms with Crippen LogP contribution in [-0.2, 0) is 4.79 Å². The number of carbonyl (C=O) groups excluding carboxylic acids is 2. The molecule has 0 saturated heterocycles. The Kier molecular flexibility index (Phi) is 6.21. The Balaban J connectivity index is 1.63. The molecule has 0 fully saturated rings. The van der Waals surface area contributed by atoms with Gasteiger partial charge < -0.3 is 15.4 Å². The van der Waals surface area contributed by atoms with E-state index >= 15 is 0 Å². The third-order valence-corrected chi connectivity index (χ3v) is 6.05. The first-order chi connectivity index (χ1) is 13.4. The fourth-order valence-electron chi connectivity index (χ4n) is 2.96. The summed E-state index contributed by atoms with van der Waals surface area (Å²) in [7, 11) is 1.59. The van der Waals surface area contributed by atoms with Gasteiger partial charge in [-0.1, -0.05) is 47.5 Å². The molecule has 0 aliphatic heterocycles. The molecule has 3 aromatic rings. The number of ether oxygens (including phenoxy) is 1. The Labute approximate surface area is 172 Å². The van der Waals surface area contributed by atoms with Crippen LogP contribution in [0.4, 0.5) is 0 Å². The van der Waals surface area contributed by atoms with E-state index < -0.39 is 0 Å². The lowest BCUT2D eigenvalue weighted by atomic mass is 10.0. The van der Waals surface area contributed by atoms with Crippen LogP contribution in [0.15, 0.2) is 42.5 Å². The minimum absolute atomic E-state index is 0.137. The lowest BCUT2D eigenvalue weighted by Crippen LogP contribution is -2.38. The van der Waals surface area contributed by atoms with E-state index in [1.807, 2.05) is 56.3 Å². The monoisotopic (exact) mass is 416 g/mol. The van der Waals surface area contributed by atoms with Gasteiger partial charge in [-0.3, -0.25) is 9.59 Å². The Morgan fingerprint density at radius 2 is 1.96 bits per heavy atom. The van der Waals surface area contributed by atoms with Gasteiger partial charge in [0.1, 0.15) is 10.6 Å². The Morgan fingerprint density at radius 3 is 2.68 bits per heavy atom. The molecule has 0 aliphatic carbocycles. The third kappa shape index (κ3) is 4.29. The van der Waals surface area contributed by atoms with Gasteiger partial charge in [-0.2, -0.15) is 0 Å². The Bertz CT molecular complexity index is 1030. The van der Waals surface area contributed by atoms with Crippen molar-refractivity contribution in [1.29, 1.82) is 0 Å². The average Bonchev–Trinajstić information content (AvgIpc) is 3.03. The highest BCUT2D eigenvalue weighted by Gasteiger charge is 2.19. The van der Waals surface area contributed by atoms with E-state index in [9.17, 15) is 9.59 Å². The van der Waals surface area contributed by atoms with E-state index in [0.29, 0.717) is 15.6 Å². The number of fused-ring (bicyclic) bond motifs is 1. The second-order valence-electron chi connectivity index (χ2n) is 6.46. The van der Waals surface area contributed by atoms with Crippen LogP contribution in [0, 0.1) is 6.92 Å². The maximum Gasteiger partial charge on any atom is 0.263 e. The lowest BCUT2D eigenvalue weighted by Gasteiger charge is -2.18. The number of halogens is 1. The fraction of sp³-hybridized carbons (Fsp3) is 0.238. The number of aryl methyl sites for hydroxylation is 1. The second-order valence-corrected chi connectivity index (χ2v) is 7.89. The predicted octanol–water partition coefficient (Wildman–Crippen LogP) is 4.48. The van der Waals surface area contributed by atoms with Gasteiger partial charge in [0.2, 0.25) is 5.91 Å².